The SMILES string of the molecule is Cc1ccc(C)c(C(C)(O)C(N)=O)c1. The van der Waals surface area contributed by atoms with Gasteiger partial charge in [-0.25, -0.2) is 0 Å². The molecule has 0 aliphatic heterocycles. The van der Waals surface area contributed by atoms with E-state index in [1.54, 1.807) is 6.07 Å². The van der Waals surface area contributed by atoms with Gasteiger partial charge in [0.25, 0.3) is 5.91 Å². The molecule has 3 heteroatoms. The third kappa shape index (κ3) is 1.77. The topological polar surface area (TPSA) is 63.3 Å². The van der Waals surface area contributed by atoms with Crippen molar-refractivity contribution in [3.63, 3.8) is 0 Å². The molecule has 1 rings (SSSR count). The van der Waals surface area contributed by atoms with Crippen molar-refractivity contribution in [2.75, 3.05) is 0 Å². The molecule has 3 nitrogen and oxygen atoms in total. The first kappa shape index (κ1) is 10.7. The molecule has 0 saturated heterocycles. The maximum atomic E-state index is 11.1. The van der Waals surface area contributed by atoms with Crippen molar-refractivity contribution in [3.05, 3.63) is 34.9 Å². The molecule has 1 atom stereocenters. The number of carbonyl (C=O) groups excluding carboxylic acids is 1. The lowest BCUT2D eigenvalue weighted by Gasteiger charge is -2.22. The van der Waals surface area contributed by atoms with Crippen molar-refractivity contribution in [2.45, 2.75) is 26.4 Å². The lowest BCUT2D eigenvalue weighted by atomic mass is 9.90. The summed E-state index contributed by atoms with van der Waals surface area (Å²) < 4.78 is 0. The quantitative estimate of drug-likeness (QED) is 0.735. The highest BCUT2D eigenvalue weighted by Gasteiger charge is 2.31. The molecule has 0 aliphatic carbocycles. The molecule has 3 N–H and O–H groups in total. The smallest absolute Gasteiger partial charge is 0.253 e. The molecule has 1 aromatic rings. The van der Waals surface area contributed by atoms with Gasteiger partial charge in [-0.15, -0.1) is 0 Å². The first-order chi connectivity index (χ1) is 6.35. The van der Waals surface area contributed by atoms with Crippen LogP contribution < -0.4 is 5.73 Å². The predicted molar refractivity (Wildman–Crippen MR) is 54.7 cm³/mol. The molecule has 1 aromatic carbocycles. The Kier molecular flexibility index (Phi) is 2.62. The number of hydrogen-bond donors (Lipinski definition) is 2. The molecule has 0 aromatic heterocycles. The monoisotopic (exact) mass is 193 g/mol. The van der Waals surface area contributed by atoms with Crippen LogP contribution in [0.5, 0.6) is 0 Å². The maximum absolute atomic E-state index is 11.1. The largest absolute Gasteiger partial charge is 0.376 e. The first-order valence-corrected chi connectivity index (χ1v) is 4.45. The van der Waals surface area contributed by atoms with Crippen molar-refractivity contribution in [1.29, 1.82) is 0 Å². The molecule has 14 heavy (non-hydrogen) atoms. The van der Waals surface area contributed by atoms with Crippen LogP contribution in [0.3, 0.4) is 0 Å². The second kappa shape index (κ2) is 3.42. The van der Waals surface area contributed by atoms with E-state index < -0.39 is 11.5 Å². The van der Waals surface area contributed by atoms with Crippen molar-refractivity contribution >= 4 is 5.91 Å². The van der Waals surface area contributed by atoms with Gasteiger partial charge in [0.1, 0.15) is 0 Å². The first-order valence-electron chi connectivity index (χ1n) is 4.45. The number of aliphatic hydroxyl groups is 1. The van der Waals surface area contributed by atoms with Gasteiger partial charge in [0.2, 0.25) is 0 Å². The Morgan fingerprint density at radius 1 is 1.43 bits per heavy atom. The minimum absolute atomic E-state index is 0.574. The molecule has 0 fully saturated rings. The fourth-order valence-corrected chi connectivity index (χ4v) is 1.39. The van der Waals surface area contributed by atoms with E-state index in [1.165, 1.54) is 6.92 Å². The fourth-order valence-electron chi connectivity index (χ4n) is 1.39. The number of rotatable bonds is 2. The average Bonchev–Trinajstić information content (AvgIpc) is 2.08. The van der Waals surface area contributed by atoms with Gasteiger partial charge >= 0.3 is 0 Å². The summed E-state index contributed by atoms with van der Waals surface area (Å²) in [7, 11) is 0. The van der Waals surface area contributed by atoms with Gasteiger partial charge in [0.05, 0.1) is 0 Å². The highest BCUT2D eigenvalue weighted by molar-refractivity contribution is 5.84. The van der Waals surface area contributed by atoms with Gasteiger partial charge in [-0.05, 0) is 31.9 Å². The normalized spacial score (nSPS) is 14.9. The lowest BCUT2D eigenvalue weighted by Crippen LogP contribution is -2.38. The zero-order valence-corrected chi connectivity index (χ0v) is 8.66. The van der Waals surface area contributed by atoms with E-state index in [0.29, 0.717) is 5.56 Å². The number of aryl methyl sites for hydroxylation is 2. The molecular weight excluding hydrogens is 178 g/mol. The Morgan fingerprint density at radius 3 is 2.50 bits per heavy atom. The lowest BCUT2D eigenvalue weighted by molar-refractivity contribution is -0.135. The molecule has 1 amide bonds. The predicted octanol–water partition coefficient (Wildman–Crippen LogP) is 0.996. The minimum atomic E-state index is -1.59. The van der Waals surface area contributed by atoms with Gasteiger partial charge in [0.15, 0.2) is 5.60 Å². The van der Waals surface area contributed by atoms with Gasteiger partial charge in [-0.1, -0.05) is 23.8 Å². The fraction of sp³-hybridized carbons (Fsp3) is 0.364. The minimum Gasteiger partial charge on any atom is -0.376 e. The molecule has 0 saturated carbocycles. The average molecular weight is 193 g/mol. The van der Waals surface area contributed by atoms with Gasteiger partial charge < -0.3 is 10.8 Å². The summed E-state index contributed by atoms with van der Waals surface area (Å²) in [5.74, 6) is -0.730. The Hall–Kier alpha value is -1.35. The molecule has 0 bridgehead atoms. The van der Waals surface area contributed by atoms with Gasteiger partial charge in [-0.2, -0.15) is 0 Å². The van der Waals surface area contributed by atoms with Crippen LogP contribution in [0.4, 0.5) is 0 Å². The van der Waals surface area contributed by atoms with Gasteiger partial charge in [0, 0.05) is 0 Å². The third-order valence-electron chi connectivity index (χ3n) is 2.40. The van der Waals surface area contributed by atoms with Crippen molar-refractivity contribution < 1.29 is 9.90 Å². The Bertz CT molecular complexity index is 370. The van der Waals surface area contributed by atoms with Crippen LogP contribution in [0.25, 0.3) is 0 Å². The summed E-state index contributed by atoms with van der Waals surface area (Å²) in [5, 5.41) is 9.89. The van der Waals surface area contributed by atoms with Crippen LogP contribution in [0.2, 0.25) is 0 Å². The summed E-state index contributed by atoms with van der Waals surface area (Å²) >= 11 is 0. The highest BCUT2D eigenvalue weighted by atomic mass is 16.3. The standard InChI is InChI=1S/C11H15NO2/c1-7-4-5-8(2)9(6-7)11(3,14)10(12)13/h4-6,14H,1-3H3,(H2,12,13). The Balaban J connectivity index is 3.31. The van der Waals surface area contributed by atoms with Crippen molar-refractivity contribution in [1.82, 2.24) is 0 Å². The van der Waals surface area contributed by atoms with E-state index in [-0.39, 0.29) is 0 Å². The summed E-state index contributed by atoms with van der Waals surface area (Å²) in [6.45, 7) is 5.16. The van der Waals surface area contributed by atoms with Crippen molar-refractivity contribution in [3.8, 4) is 0 Å². The second-order valence-electron chi connectivity index (χ2n) is 3.75. The van der Waals surface area contributed by atoms with E-state index in [9.17, 15) is 9.90 Å². The second-order valence-corrected chi connectivity index (χ2v) is 3.75. The van der Waals surface area contributed by atoms with E-state index in [1.807, 2.05) is 26.0 Å². The molecule has 0 spiro atoms. The Morgan fingerprint density at radius 2 is 2.00 bits per heavy atom. The van der Waals surface area contributed by atoms with E-state index in [2.05, 4.69) is 0 Å². The molecule has 76 valence electrons. The number of primary amides is 1. The number of carbonyl (C=O) groups is 1. The molecule has 0 aliphatic rings. The molecule has 0 heterocycles. The number of benzene rings is 1. The van der Waals surface area contributed by atoms with Crippen LogP contribution in [0.1, 0.15) is 23.6 Å². The molecule has 0 radical (unpaired) electrons. The zero-order valence-electron chi connectivity index (χ0n) is 8.66. The number of nitrogens with two attached hydrogens (primary N) is 1. The van der Waals surface area contributed by atoms with E-state index in [0.717, 1.165) is 11.1 Å². The van der Waals surface area contributed by atoms with Crippen LogP contribution in [0, 0.1) is 13.8 Å². The van der Waals surface area contributed by atoms with Crippen LogP contribution >= 0.6 is 0 Å². The highest BCUT2D eigenvalue weighted by Crippen LogP contribution is 2.24. The van der Waals surface area contributed by atoms with E-state index >= 15 is 0 Å². The Labute approximate surface area is 83.6 Å². The molecular formula is C11H15NO2. The summed E-state index contributed by atoms with van der Waals surface area (Å²) in [5.41, 5.74) is 5.97. The zero-order chi connectivity index (χ0) is 10.9. The maximum Gasteiger partial charge on any atom is 0.253 e. The summed E-state index contributed by atoms with van der Waals surface area (Å²) in [6, 6.07) is 5.57. The summed E-state index contributed by atoms with van der Waals surface area (Å²) in [4.78, 5) is 11.1. The van der Waals surface area contributed by atoms with Crippen molar-refractivity contribution in [2.24, 2.45) is 5.73 Å². The molecule has 1 unspecified atom stereocenters. The van der Waals surface area contributed by atoms with E-state index in [4.69, 9.17) is 5.73 Å². The van der Waals surface area contributed by atoms with Crippen LogP contribution in [0.15, 0.2) is 18.2 Å². The van der Waals surface area contributed by atoms with Gasteiger partial charge in [-0.3, -0.25) is 4.79 Å². The third-order valence-corrected chi connectivity index (χ3v) is 2.40. The van der Waals surface area contributed by atoms with Crippen LogP contribution in [-0.4, -0.2) is 11.0 Å². The summed E-state index contributed by atoms with van der Waals surface area (Å²) in [6.07, 6.45) is 0. The van der Waals surface area contributed by atoms with Crippen LogP contribution in [-0.2, 0) is 10.4 Å². The number of amides is 1. The number of hydrogen-bond acceptors (Lipinski definition) is 2.